The summed E-state index contributed by atoms with van der Waals surface area (Å²) in [6.45, 7) is 6.21. The van der Waals surface area contributed by atoms with Crippen molar-refractivity contribution in [3.8, 4) is 0 Å². The van der Waals surface area contributed by atoms with E-state index in [0.29, 0.717) is 5.56 Å². The first-order valence-electron chi connectivity index (χ1n) is 22.5. The van der Waals surface area contributed by atoms with Gasteiger partial charge < -0.3 is 64.4 Å². The molecule has 364 valence electrons. The van der Waals surface area contributed by atoms with E-state index in [2.05, 4.69) is 5.32 Å². The van der Waals surface area contributed by atoms with Crippen LogP contribution in [0.15, 0.2) is 102 Å². The molecule has 8 rings (SSSR count). The second kappa shape index (κ2) is 18.5. The number of carbonyl (C=O) groups excluding carboxylic acids is 5. The number of hydrogen-bond acceptors (Lipinski definition) is 17. The number of hydrogen-bond donors (Lipinski definition) is 7. The molecule has 2 heterocycles. The molecule has 5 aliphatic rings. The maximum atomic E-state index is 15.7. The zero-order chi connectivity index (χ0) is 49.1. The average Bonchev–Trinajstić information content (AvgIpc) is 3.31. The number of Topliss-reactive ketones (excluding diaryl/α,β-unsaturated/α-hetero) is 1. The highest BCUT2D eigenvalue weighted by atomic mass is 16.7. The van der Waals surface area contributed by atoms with Crippen LogP contribution in [0.2, 0.25) is 0 Å². The molecule has 3 aliphatic carbocycles. The molecule has 15 atom stereocenters. The molecule has 2 saturated heterocycles. The van der Waals surface area contributed by atoms with Crippen LogP contribution in [0.5, 0.6) is 0 Å². The van der Waals surface area contributed by atoms with Crippen molar-refractivity contribution >= 4 is 29.6 Å². The summed E-state index contributed by atoms with van der Waals surface area (Å²) in [5.41, 5.74) is -7.60. The molecule has 3 aromatic carbocycles. The van der Waals surface area contributed by atoms with E-state index < -0.39 is 138 Å². The van der Waals surface area contributed by atoms with Gasteiger partial charge in [0, 0.05) is 30.7 Å². The summed E-state index contributed by atoms with van der Waals surface area (Å²) in [7, 11) is 0. The maximum absolute atomic E-state index is 15.7. The Morgan fingerprint density at radius 3 is 2.01 bits per heavy atom. The first-order valence-corrected chi connectivity index (χ1v) is 22.5. The molecule has 4 fully saturated rings. The lowest BCUT2D eigenvalue weighted by molar-refractivity contribution is -0.366. The molecule has 18 nitrogen and oxygen atoms in total. The summed E-state index contributed by atoms with van der Waals surface area (Å²) in [6.07, 6.45) is -17.8. The third kappa shape index (κ3) is 8.14. The van der Waals surface area contributed by atoms with Crippen LogP contribution >= 0.6 is 0 Å². The van der Waals surface area contributed by atoms with E-state index in [1.54, 1.807) is 78.9 Å². The van der Waals surface area contributed by atoms with Crippen molar-refractivity contribution < 1.29 is 83.0 Å². The number of nitrogens with one attached hydrogen (secondary N) is 1. The van der Waals surface area contributed by atoms with Crippen molar-refractivity contribution in [1.82, 2.24) is 5.32 Å². The molecule has 18 heteroatoms. The highest BCUT2D eigenvalue weighted by Gasteiger charge is 2.78. The minimum atomic E-state index is -2.47. The van der Waals surface area contributed by atoms with Crippen LogP contribution in [0, 0.1) is 16.7 Å². The van der Waals surface area contributed by atoms with Gasteiger partial charge in [0.25, 0.3) is 5.91 Å². The Morgan fingerprint density at radius 2 is 1.43 bits per heavy atom. The number of benzene rings is 3. The topological polar surface area (TPSA) is 274 Å². The molecule has 7 N–H and O–H groups in total. The summed E-state index contributed by atoms with van der Waals surface area (Å²) in [4.78, 5) is 71.3. The van der Waals surface area contributed by atoms with Crippen LogP contribution in [-0.4, -0.2) is 146 Å². The summed E-state index contributed by atoms with van der Waals surface area (Å²) in [5.74, 6) is -6.29. The largest absolute Gasteiger partial charge is 0.456 e. The molecule has 2 bridgehead atoms. The Bertz CT molecular complexity index is 2430. The van der Waals surface area contributed by atoms with Crippen molar-refractivity contribution in [1.29, 1.82) is 0 Å². The number of rotatable bonds is 11. The lowest BCUT2D eigenvalue weighted by atomic mass is 9.44. The standard InChI is InChI=1S/C50H57NO17/c1-25-31(65-45(61)38(56)35(27-15-9-6-10-16-27)51-43(59)28-17-11-7-12-18-28)22-50(62)42(67-44(60)29-19-13-8-14-20-29)40-48(5,41(58)37(55)34(25)47(50,3)4)32(21-33-49(40,24-64-33)68-26(2)52)66-46-39(57)36(54)30(53)23-63-46/h6-20,30-33,35-40,42,46,53-57,62H,21-24H2,1-5H3,(H,51,59)/t30-,31+,32+,33-,35+,36+,37-,38-,39-,40+,42+,46+,48-,49+,50-/m0/s1. The number of esters is 3. The van der Waals surface area contributed by atoms with Gasteiger partial charge in [0.15, 0.2) is 23.8 Å². The molecular formula is C50H57NO17. The monoisotopic (exact) mass is 943 g/mol. The van der Waals surface area contributed by atoms with Crippen LogP contribution in [0.4, 0.5) is 0 Å². The molecule has 2 saturated carbocycles. The quantitative estimate of drug-likeness (QED) is 0.0818. The molecule has 3 aromatic rings. The van der Waals surface area contributed by atoms with Gasteiger partial charge in [-0.3, -0.25) is 14.4 Å². The molecule has 0 unspecified atom stereocenters. The third-order valence-corrected chi connectivity index (χ3v) is 14.9. The van der Waals surface area contributed by atoms with Crippen molar-refractivity contribution in [2.24, 2.45) is 16.7 Å². The number of amides is 1. The minimum Gasteiger partial charge on any atom is -0.456 e. The van der Waals surface area contributed by atoms with Crippen LogP contribution in [-0.2, 0) is 42.8 Å². The average molecular weight is 944 g/mol. The van der Waals surface area contributed by atoms with E-state index in [-0.39, 0.29) is 35.3 Å². The van der Waals surface area contributed by atoms with Crippen molar-refractivity contribution in [2.75, 3.05) is 13.2 Å². The molecule has 2 aliphatic heterocycles. The summed E-state index contributed by atoms with van der Waals surface area (Å²) < 4.78 is 36.8. The predicted molar refractivity (Wildman–Crippen MR) is 235 cm³/mol. The maximum Gasteiger partial charge on any atom is 0.338 e. The minimum absolute atomic E-state index is 0.0280. The van der Waals surface area contributed by atoms with Gasteiger partial charge in [-0.2, -0.15) is 0 Å². The highest BCUT2D eigenvalue weighted by molar-refractivity contribution is 5.95. The van der Waals surface area contributed by atoms with Crippen LogP contribution < -0.4 is 5.32 Å². The first-order chi connectivity index (χ1) is 32.2. The Balaban J connectivity index is 1.26. The van der Waals surface area contributed by atoms with Crippen molar-refractivity contribution in [2.45, 2.75) is 126 Å². The van der Waals surface area contributed by atoms with E-state index >= 15 is 4.79 Å². The van der Waals surface area contributed by atoms with Gasteiger partial charge in [-0.15, -0.1) is 0 Å². The van der Waals surface area contributed by atoms with Crippen molar-refractivity contribution in [3.05, 3.63) is 119 Å². The van der Waals surface area contributed by atoms with Gasteiger partial charge in [-0.25, -0.2) is 9.59 Å². The Morgan fingerprint density at radius 1 is 0.824 bits per heavy atom. The first kappa shape index (κ1) is 49.0. The molecule has 0 spiro atoms. The fourth-order valence-electron chi connectivity index (χ4n) is 11.2. The van der Waals surface area contributed by atoms with Gasteiger partial charge in [0.05, 0.1) is 42.3 Å². The fourth-order valence-corrected chi connectivity index (χ4v) is 11.2. The second-order valence-corrected chi connectivity index (χ2v) is 19.1. The Hall–Kier alpha value is -5.41. The van der Waals surface area contributed by atoms with Gasteiger partial charge in [-0.1, -0.05) is 80.6 Å². The van der Waals surface area contributed by atoms with Gasteiger partial charge >= 0.3 is 17.9 Å². The molecule has 0 radical (unpaired) electrons. The Kier molecular flexibility index (Phi) is 13.3. The normalized spacial score (nSPS) is 36.0. The number of ether oxygens (including phenoxy) is 6. The zero-order valence-electron chi connectivity index (χ0n) is 38.1. The van der Waals surface area contributed by atoms with Crippen molar-refractivity contribution in [3.63, 3.8) is 0 Å². The summed E-state index contributed by atoms with van der Waals surface area (Å²) in [6, 6.07) is 22.7. The number of carbonyl (C=O) groups is 5. The lowest BCUT2D eigenvalue weighted by Crippen LogP contribution is -2.82. The predicted octanol–water partition coefficient (Wildman–Crippen LogP) is 1.63. The highest BCUT2D eigenvalue weighted by Crippen LogP contribution is 2.65. The van der Waals surface area contributed by atoms with Crippen LogP contribution in [0.3, 0.4) is 0 Å². The third-order valence-electron chi connectivity index (χ3n) is 14.9. The summed E-state index contributed by atoms with van der Waals surface area (Å²) >= 11 is 0. The van der Waals surface area contributed by atoms with Gasteiger partial charge in [0.1, 0.15) is 48.3 Å². The molecule has 68 heavy (non-hydrogen) atoms. The summed E-state index contributed by atoms with van der Waals surface area (Å²) in [5, 5.41) is 72.9. The molecular weight excluding hydrogens is 887 g/mol. The Labute approximate surface area is 391 Å². The number of fused-ring (bicyclic) bond motifs is 5. The van der Waals surface area contributed by atoms with Gasteiger partial charge in [0.2, 0.25) is 0 Å². The SMILES string of the molecule is CC(=O)O[C@]12CO[C@H]1C[C@@H](O[C@H]1OC[C@H](O)[C@@H](O)[C@@H]1O)[C@]1(C)C(=O)[C@@H](O)C3=C(C)[C@H](OC(=O)[C@@H](O)[C@H](NC(=O)c4ccccc4)c4ccccc4)C[C@](O)([C@H](OC(=O)c4ccccc4)[C@@H]21)C3(C)C. The van der Waals surface area contributed by atoms with E-state index in [0.717, 1.165) is 6.92 Å². The van der Waals surface area contributed by atoms with Crippen LogP contribution in [0.25, 0.3) is 0 Å². The van der Waals surface area contributed by atoms with E-state index in [1.165, 1.54) is 39.8 Å². The number of aliphatic hydroxyl groups excluding tert-OH is 5. The fraction of sp³-hybridized carbons (Fsp3) is 0.500. The van der Waals surface area contributed by atoms with E-state index in [1.807, 2.05) is 0 Å². The number of aliphatic hydroxyl groups is 6. The molecule has 0 aromatic heterocycles. The molecule has 1 amide bonds. The zero-order valence-corrected chi connectivity index (χ0v) is 38.1. The van der Waals surface area contributed by atoms with E-state index in [4.69, 9.17) is 28.4 Å². The van der Waals surface area contributed by atoms with Gasteiger partial charge in [-0.05, 0) is 54.8 Å². The lowest BCUT2D eigenvalue weighted by Gasteiger charge is -2.68. The number of ketones is 1. The van der Waals surface area contributed by atoms with E-state index in [9.17, 15) is 49.8 Å². The van der Waals surface area contributed by atoms with Crippen LogP contribution in [0.1, 0.15) is 79.8 Å². The smallest absolute Gasteiger partial charge is 0.338 e. The second-order valence-electron chi connectivity index (χ2n) is 19.1.